The molecule has 1 saturated carbocycles. The largest absolute Gasteiger partial charge is 0.342 e. The van der Waals surface area contributed by atoms with Crippen molar-refractivity contribution in [2.45, 2.75) is 31.7 Å². The zero-order valence-electron chi connectivity index (χ0n) is 12.5. The number of likely N-dealkylation sites (tertiary alicyclic amines) is 1. The second kappa shape index (κ2) is 6.05. The molecule has 1 saturated heterocycles. The highest BCUT2D eigenvalue weighted by Crippen LogP contribution is 2.30. The molecule has 2 N–H and O–H groups in total. The van der Waals surface area contributed by atoms with Crippen LogP contribution in [0.3, 0.4) is 0 Å². The molecule has 4 nitrogen and oxygen atoms in total. The second-order valence-electron chi connectivity index (χ2n) is 6.50. The summed E-state index contributed by atoms with van der Waals surface area (Å²) in [6, 6.07) is 6.75. The maximum absolute atomic E-state index is 13.3. The Hall–Kier alpha value is -1.93. The molecule has 3 rings (SSSR count). The summed E-state index contributed by atoms with van der Waals surface area (Å²) in [4.78, 5) is 14.2. The Labute approximate surface area is 129 Å². The fourth-order valence-corrected chi connectivity index (χ4v) is 3.44. The predicted molar refractivity (Wildman–Crippen MR) is 80.2 cm³/mol. The first kappa shape index (κ1) is 15.0. The van der Waals surface area contributed by atoms with Gasteiger partial charge in [-0.15, -0.1) is 0 Å². The number of nitrogens with two attached hydrogens (primary N) is 1. The van der Waals surface area contributed by atoms with Crippen LogP contribution in [0.25, 0.3) is 0 Å². The Bertz CT molecular complexity index is 619. The fraction of sp³-hybridized carbons (Fsp3) is 0.529. The van der Waals surface area contributed by atoms with E-state index in [0.29, 0.717) is 5.92 Å². The van der Waals surface area contributed by atoms with Crippen LogP contribution in [0.5, 0.6) is 0 Å². The van der Waals surface area contributed by atoms with Crippen molar-refractivity contribution in [3.8, 4) is 6.07 Å². The monoisotopic (exact) mass is 301 g/mol. The molecule has 5 heteroatoms. The van der Waals surface area contributed by atoms with Crippen molar-refractivity contribution in [2.75, 3.05) is 13.1 Å². The highest BCUT2D eigenvalue weighted by Gasteiger charge is 2.37. The van der Waals surface area contributed by atoms with Crippen LogP contribution in [-0.4, -0.2) is 29.9 Å². The van der Waals surface area contributed by atoms with Crippen LogP contribution in [0.4, 0.5) is 4.39 Å². The maximum Gasteiger partial charge on any atom is 0.225 e. The molecule has 1 aliphatic heterocycles. The Morgan fingerprint density at radius 2 is 2.23 bits per heavy atom. The average Bonchev–Trinajstić information content (AvgIpc) is 2.94. The van der Waals surface area contributed by atoms with E-state index in [1.165, 1.54) is 6.07 Å². The van der Waals surface area contributed by atoms with Crippen molar-refractivity contribution in [1.29, 1.82) is 5.26 Å². The average molecular weight is 301 g/mol. The molecule has 116 valence electrons. The molecule has 0 radical (unpaired) electrons. The first-order valence-corrected chi connectivity index (χ1v) is 7.79. The van der Waals surface area contributed by atoms with E-state index in [2.05, 4.69) is 0 Å². The van der Waals surface area contributed by atoms with Gasteiger partial charge in [-0.05, 0) is 49.3 Å². The lowest BCUT2D eigenvalue weighted by Crippen LogP contribution is -2.46. The van der Waals surface area contributed by atoms with Gasteiger partial charge in [0, 0.05) is 25.0 Å². The van der Waals surface area contributed by atoms with Gasteiger partial charge in [0.1, 0.15) is 11.9 Å². The van der Waals surface area contributed by atoms with Gasteiger partial charge in [-0.3, -0.25) is 4.79 Å². The normalized spacial score (nSPS) is 27.3. The number of carbonyl (C=O) groups excluding carboxylic acids is 1. The summed E-state index contributed by atoms with van der Waals surface area (Å²) < 4.78 is 13.3. The molecule has 2 aliphatic rings. The Balaban J connectivity index is 1.57. The number of amides is 1. The summed E-state index contributed by atoms with van der Waals surface area (Å²) in [6.07, 6.45) is 3.36. The van der Waals surface area contributed by atoms with Gasteiger partial charge in [0.15, 0.2) is 0 Å². The predicted octanol–water partition coefficient (Wildman–Crippen LogP) is 1.83. The maximum atomic E-state index is 13.3. The van der Waals surface area contributed by atoms with Gasteiger partial charge in [0.05, 0.1) is 5.56 Å². The van der Waals surface area contributed by atoms with Crippen molar-refractivity contribution in [1.82, 2.24) is 4.90 Å². The highest BCUT2D eigenvalue weighted by molar-refractivity contribution is 5.80. The Morgan fingerprint density at radius 1 is 1.45 bits per heavy atom. The third-order valence-corrected chi connectivity index (χ3v) is 4.80. The van der Waals surface area contributed by atoms with Crippen LogP contribution >= 0.6 is 0 Å². The smallest absolute Gasteiger partial charge is 0.225 e. The quantitative estimate of drug-likeness (QED) is 0.926. The minimum Gasteiger partial charge on any atom is -0.342 e. The van der Waals surface area contributed by atoms with Crippen molar-refractivity contribution in [2.24, 2.45) is 17.6 Å². The lowest BCUT2D eigenvalue weighted by Gasteiger charge is -2.34. The number of rotatable bonds is 3. The van der Waals surface area contributed by atoms with Gasteiger partial charge >= 0.3 is 0 Å². The molecule has 1 aromatic carbocycles. The van der Waals surface area contributed by atoms with Gasteiger partial charge in [-0.2, -0.15) is 5.26 Å². The standard InChI is InChI=1S/C17H20FN3O/c18-16-2-1-11(6-14(16)9-19)5-12-3-4-21(10-12)17(22)13-7-15(20)8-13/h1-2,6,12-13,15H,3-5,7-8,10,20H2. The highest BCUT2D eigenvalue weighted by atomic mass is 19.1. The van der Waals surface area contributed by atoms with E-state index >= 15 is 0 Å². The number of hydrogen-bond acceptors (Lipinski definition) is 3. The SMILES string of the molecule is N#Cc1cc(CC2CCN(C(=O)C3CC(N)C3)C2)ccc1F. The molecule has 1 aliphatic carbocycles. The summed E-state index contributed by atoms with van der Waals surface area (Å²) in [6.45, 7) is 1.55. The fourth-order valence-electron chi connectivity index (χ4n) is 3.44. The lowest BCUT2D eigenvalue weighted by atomic mass is 9.80. The van der Waals surface area contributed by atoms with Crippen molar-refractivity contribution in [3.05, 3.63) is 35.1 Å². The number of nitrogens with zero attached hydrogens (tertiary/aromatic N) is 2. The third kappa shape index (κ3) is 2.97. The van der Waals surface area contributed by atoms with Crippen LogP contribution in [0.2, 0.25) is 0 Å². The number of nitriles is 1. The van der Waals surface area contributed by atoms with E-state index in [4.69, 9.17) is 11.0 Å². The number of benzene rings is 1. The molecule has 1 amide bonds. The second-order valence-corrected chi connectivity index (χ2v) is 6.50. The molecule has 0 aromatic heterocycles. The molecular formula is C17H20FN3O. The number of hydrogen-bond donors (Lipinski definition) is 1. The molecule has 1 heterocycles. The summed E-state index contributed by atoms with van der Waals surface area (Å²) >= 11 is 0. The Morgan fingerprint density at radius 3 is 2.91 bits per heavy atom. The van der Waals surface area contributed by atoms with Crippen LogP contribution in [0.1, 0.15) is 30.4 Å². The topological polar surface area (TPSA) is 70.1 Å². The van der Waals surface area contributed by atoms with Gasteiger partial charge in [-0.25, -0.2) is 4.39 Å². The van der Waals surface area contributed by atoms with Gasteiger partial charge in [-0.1, -0.05) is 6.07 Å². The molecule has 1 unspecified atom stereocenters. The van der Waals surface area contributed by atoms with Crippen molar-refractivity contribution < 1.29 is 9.18 Å². The van der Waals surface area contributed by atoms with Gasteiger partial charge < -0.3 is 10.6 Å². The minimum absolute atomic E-state index is 0.0897. The molecular weight excluding hydrogens is 281 g/mol. The summed E-state index contributed by atoms with van der Waals surface area (Å²) in [5, 5.41) is 8.88. The summed E-state index contributed by atoms with van der Waals surface area (Å²) in [7, 11) is 0. The van der Waals surface area contributed by atoms with E-state index in [1.807, 2.05) is 11.0 Å². The minimum atomic E-state index is -0.476. The van der Waals surface area contributed by atoms with E-state index in [-0.39, 0.29) is 23.4 Å². The molecule has 0 bridgehead atoms. The van der Waals surface area contributed by atoms with Crippen LogP contribution in [0, 0.1) is 29.0 Å². The van der Waals surface area contributed by atoms with E-state index in [1.54, 1.807) is 12.1 Å². The first-order valence-electron chi connectivity index (χ1n) is 7.79. The van der Waals surface area contributed by atoms with E-state index in [9.17, 15) is 9.18 Å². The van der Waals surface area contributed by atoms with Gasteiger partial charge in [0.25, 0.3) is 0 Å². The van der Waals surface area contributed by atoms with Crippen molar-refractivity contribution in [3.63, 3.8) is 0 Å². The summed E-state index contributed by atoms with van der Waals surface area (Å²) in [5.41, 5.74) is 6.80. The summed E-state index contributed by atoms with van der Waals surface area (Å²) in [5.74, 6) is 0.260. The van der Waals surface area contributed by atoms with Gasteiger partial charge in [0.2, 0.25) is 5.91 Å². The van der Waals surface area contributed by atoms with Crippen molar-refractivity contribution >= 4 is 5.91 Å². The zero-order chi connectivity index (χ0) is 15.7. The van der Waals surface area contributed by atoms with Crippen LogP contribution < -0.4 is 5.73 Å². The van der Waals surface area contributed by atoms with E-state index in [0.717, 1.165) is 44.3 Å². The molecule has 1 atom stereocenters. The van der Waals surface area contributed by atoms with E-state index < -0.39 is 5.82 Å². The Kier molecular flexibility index (Phi) is 4.12. The molecule has 2 fully saturated rings. The number of halogens is 1. The van der Waals surface area contributed by atoms with Crippen LogP contribution in [0.15, 0.2) is 18.2 Å². The zero-order valence-corrected chi connectivity index (χ0v) is 12.5. The third-order valence-electron chi connectivity index (χ3n) is 4.80. The molecule has 0 spiro atoms. The molecule has 22 heavy (non-hydrogen) atoms. The lowest BCUT2D eigenvalue weighted by molar-refractivity contribution is -0.137. The first-order chi connectivity index (χ1) is 10.6. The molecule has 1 aromatic rings. The van der Waals surface area contributed by atoms with Crippen LogP contribution in [-0.2, 0) is 11.2 Å². The number of carbonyl (C=O) groups is 1.